The third-order valence-electron chi connectivity index (χ3n) is 2.51. The van der Waals surface area contributed by atoms with Crippen LogP contribution in [-0.4, -0.2) is 35.3 Å². The molecule has 1 aromatic heterocycles. The van der Waals surface area contributed by atoms with Crippen LogP contribution < -0.4 is 5.32 Å². The summed E-state index contributed by atoms with van der Waals surface area (Å²) in [6.07, 6.45) is 1.10. The van der Waals surface area contributed by atoms with E-state index in [2.05, 4.69) is 10.3 Å². The van der Waals surface area contributed by atoms with E-state index in [1.165, 1.54) is 23.1 Å². The van der Waals surface area contributed by atoms with Gasteiger partial charge in [0.15, 0.2) is 4.34 Å². The van der Waals surface area contributed by atoms with Gasteiger partial charge in [0.25, 0.3) is 0 Å². The fourth-order valence-electron chi connectivity index (χ4n) is 1.34. The van der Waals surface area contributed by atoms with E-state index in [0.717, 1.165) is 10.8 Å². The third kappa shape index (κ3) is 6.38. The Kier molecular flexibility index (Phi) is 7.61. The molecule has 0 saturated carbocycles. The van der Waals surface area contributed by atoms with Crippen molar-refractivity contribution in [3.63, 3.8) is 0 Å². The molecule has 0 aliphatic carbocycles. The Morgan fingerprint density at radius 3 is 2.90 bits per heavy atom. The molecule has 1 aromatic rings. The van der Waals surface area contributed by atoms with Gasteiger partial charge in [-0.05, 0) is 20.3 Å². The smallest absolute Gasteiger partial charge is 0.311 e. The van der Waals surface area contributed by atoms with E-state index >= 15 is 0 Å². The molecule has 0 fully saturated rings. The molecule has 1 N–H and O–H groups in total. The van der Waals surface area contributed by atoms with Crippen LogP contribution in [0.2, 0.25) is 0 Å². The molecule has 0 saturated heterocycles. The van der Waals surface area contributed by atoms with Crippen LogP contribution in [0.3, 0.4) is 0 Å². The molecule has 5 nitrogen and oxygen atoms in total. The lowest BCUT2D eigenvalue weighted by atomic mass is 10.3. The monoisotopic (exact) mass is 316 g/mol. The first-order chi connectivity index (χ1) is 9.55. The maximum absolute atomic E-state index is 11.6. The van der Waals surface area contributed by atoms with Crippen molar-refractivity contribution in [3.8, 4) is 0 Å². The molecular formula is C13H20N2O3S2. The molecule has 1 amide bonds. The number of thiazole rings is 1. The first-order valence-corrected chi connectivity index (χ1v) is 8.43. The topological polar surface area (TPSA) is 68.3 Å². The van der Waals surface area contributed by atoms with E-state index in [1.807, 2.05) is 19.2 Å². The van der Waals surface area contributed by atoms with E-state index in [1.54, 1.807) is 6.92 Å². The second-order valence-electron chi connectivity index (χ2n) is 4.25. The summed E-state index contributed by atoms with van der Waals surface area (Å²) in [6, 6.07) is 0.193. The van der Waals surface area contributed by atoms with Crippen LogP contribution in [0.1, 0.15) is 32.9 Å². The minimum absolute atomic E-state index is 0.00601. The van der Waals surface area contributed by atoms with Crippen molar-refractivity contribution in [1.82, 2.24) is 10.3 Å². The zero-order chi connectivity index (χ0) is 15.0. The number of nitrogens with zero attached hydrogens (tertiary/aromatic N) is 1. The van der Waals surface area contributed by atoms with Crippen molar-refractivity contribution in [3.05, 3.63) is 11.1 Å². The highest BCUT2D eigenvalue weighted by Gasteiger charge is 2.11. The number of ether oxygens (including phenoxy) is 1. The summed E-state index contributed by atoms with van der Waals surface area (Å²) >= 11 is 2.83. The first-order valence-electron chi connectivity index (χ1n) is 6.57. The number of carbonyl (C=O) groups excluding carboxylic acids is 2. The van der Waals surface area contributed by atoms with Gasteiger partial charge in [-0.3, -0.25) is 9.59 Å². The second kappa shape index (κ2) is 8.97. The minimum Gasteiger partial charge on any atom is -0.466 e. The fraction of sp³-hybridized carbons (Fsp3) is 0.615. The number of thioether (sulfide) groups is 1. The van der Waals surface area contributed by atoms with Crippen LogP contribution >= 0.6 is 23.1 Å². The summed E-state index contributed by atoms with van der Waals surface area (Å²) in [5, 5.41) is 4.72. The highest BCUT2D eigenvalue weighted by atomic mass is 32.2. The van der Waals surface area contributed by atoms with E-state index in [0.29, 0.717) is 18.1 Å². The summed E-state index contributed by atoms with van der Waals surface area (Å²) < 4.78 is 5.66. The molecule has 1 rings (SSSR count). The van der Waals surface area contributed by atoms with Crippen LogP contribution in [0.25, 0.3) is 0 Å². The van der Waals surface area contributed by atoms with Crippen LogP contribution in [-0.2, 0) is 20.7 Å². The van der Waals surface area contributed by atoms with Gasteiger partial charge in [0.1, 0.15) is 0 Å². The standard InChI is InChI=1S/C13H20N2O3S2/c1-4-9(3)14-11(16)8-20-13-15-10(7-19-13)6-12(17)18-5-2/h7,9H,4-6,8H2,1-3H3,(H,14,16). The molecule has 0 spiro atoms. The molecule has 20 heavy (non-hydrogen) atoms. The molecule has 1 unspecified atom stereocenters. The van der Waals surface area contributed by atoms with Crippen LogP contribution in [0, 0.1) is 0 Å². The van der Waals surface area contributed by atoms with Crippen molar-refractivity contribution in [2.75, 3.05) is 12.4 Å². The third-order valence-corrected chi connectivity index (χ3v) is 4.58. The van der Waals surface area contributed by atoms with Gasteiger partial charge >= 0.3 is 5.97 Å². The van der Waals surface area contributed by atoms with E-state index in [4.69, 9.17) is 4.74 Å². The van der Waals surface area contributed by atoms with Gasteiger partial charge in [-0.1, -0.05) is 18.7 Å². The lowest BCUT2D eigenvalue weighted by Gasteiger charge is -2.10. The lowest BCUT2D eigenvalue weighted by Crippen LogP contribution is -2.33. The molecule has 0 bridgehead atoms. The van der Waals surface area contributed by atoms with Crippen molar-refractivity contribution in [1.29, 1.82) is 0 Å². The summed E-state index contributed by atoms with van der Waals surface area (Å²) in [4.78, 5) is 27.2. The Labute approximate surface area is 127 Å². The quantitative estimate of drug-likeness (QED) is 0.588. The van der Waals surface area contributed by atoms with E-state index in [9.17, 15) is 9.59 Å². The van der Waals surface area contributed by atoms with E-state index in [-0.39, 0.29) is 24.3 Å². The van der Waals surface area contributed by atoms with Gasteiger partial charge in [0.2, 0.25) is 5.91 Å². The van der Waals surface area contributed by atoms with E-state index < -0.39 is 0 Å². The number of hydrogen-bond acceptors (Lipinski definition) is 6. The second-order valence-corrected chi connectivity index (χ2v) is 6.33. The maximum atomic E-state index is 11.6. The van der Waals surface area contributed by atoms with Crippen molar-refractivity contribution < 1.29 is 14.3 Å². The van der Waals surface area contributed by atoms with Gasteiger partial charge in [-0.15, -0.1) is 11.3 Å². The predicted octanol–water partition coefficient (Wildman–Crippen LogP) is 2.26. The number of carbonyl (C=O) groups is 2. The SMILES string of the molecule is CCOC(=O)Cc1csc(SCC(=O)NC(C)CC)n1. The lowest BCUT2D eigenvalue weighted by molar-refractivity contribution is -0.142. The van der Waals surface area contributed by atoms with Gasteiger partial charge in [-0.25, -0.2) is 4.98 Å². The van der Waals surface area contributed by atoms with Gasteiger partial charge in [0, 0.05) is 11.4 Å². The molecule has 112 valence electrons. The van der Waals surface area contributed by atoms with Crippen LogP contribution in [0.5, 0.6) is 0 Å². The first kappa shape index (κ1) is 17.0. The normalized spacial score (nSPS) is 11.9. The molecule has 7 heteroatoms. The number of nitrogens with one attached hydrogen (secondary N) is 1. The maximum Gasteiger partial charge on any atom is 0.311 e. The molecule has 0 radical (unpaired) electrons. The van der Waals surface area contributed by atoms with Crippen molar-refractivity contribution in [2.24, 2.45) is 0 Å². The molecule has 0 aromatic carbocycles. The number of rotatable bonds is 8. The summed E-state index contributed by atoms with van der Waals surface area (Å²) in [7, 11) is 0. The Balaban J connectivity index is 2.37. The Morgan fingerprint density at radius 2 is 2.25 bits per heavy atom. The van der Waals surface area contributed by atoms with Crippen LogP contribution in [0.4, 0.5) is 0 Å². The number of esters is 1. The zero-order valence-electron chi connectivity index (χ0n) is 12.0. The molecule has 0 aliphatic rings. The fourth-order valence-corrected chi connectivity index (χ4v) is 3.00. The number of amides is 1. The van der Waals surface area contributed by atoms with Gasteiger partial charge in [-0.2, -0.15) is 0 Å². The summed E-state index contributed by atoms with van der Waals surface area (Å²) in [6.45, 7) is 6.15. The zero-order valence-corrected chi connectivity index (χ0v) is 13.6. The summed E-state index contributed by atoms with van der Waals surface area (Å²) in [5.41, 5.74) is 0.693. The minimum atomic E-state index is -0.274. The Hall–Kier alpha value is -1.08. The van der Waals surface area contributed by atoms with Crippen molar-refractivity contribution >= 4 is 35.0 Å². The molecular weight excluding hydrogens is 296 g/mol. The average Bonchev–Trinajstić information content (AvgIpc) is 2.84. The largest absolute Gasteiger partial charge is 0.466 e. The predicted molar refractivity (Wildman–Crippen MR) is 81.1 cm³/mol. The number of aromatic nitrogens is 1. The van der Waals surface area contributed by atoms with Crippen molar-refractivity contribution in [2.45, 2.75) is 44.0 Å². The number of hydrogen-bond donors (Lipinski definition) is 1. The highest BCUT2D eigenvalue weighted by Crippen LogP contribution is 2.22. The highest BCUT2D eigenvalue weighted by molar-refractivity contribution is 8.01. The molecule has 1 atom stereocenters. The Bertz CT molecular complexity index is 449. The Morgan fingerprint density at radius 1 is 1.50 bits per heavy atom. The van der Waals surface area contributed by atoms with Crippen LogP contribution in [0.15, 0.2) is 9.72 Å². The molecule has 1 heterocycles. The molecule has 0 aliphatic heterocycles. The van der Waals surface area contributed by atoms with Gasteiger partial charge in [0.05, 0.1) is 24.5 Å². The van der Waals surface area contributed by atoms with Gasteiger partial charge < -0.3 is 10.1 Å². The summed E-state index contributed by atoms with van der Waals surface area (Å²) in [5.74, 6) is 0.0758. The average molecular weight is 316 g/mol.